The van der Waals surface area contributed by atoms with Crippen LogP contribution in [0, 0.1) is 11.8 Å². The molecule has 98 valence electrons. The highest BCUT2D eigenvalue weighted by Crippen LogP contribution is 2.39. The van der Waals surface area contributed by atoms with E-state index in [-0.39, 0.29) is 35.5 Å². The summed E-state index contributed by atoms with van der Waals surface area (Å²) in [5.41, 5.74) is 0. The molecule has 0 N–H and O–H groups in total. The Hall–Kier alpha value is -1.19. The molecule has 2 atom stereocenters. The third-order valence-electron chi connectivity index (χ3n) is 4.72. The number of amides is 2. The summed E-state index contributed by atoms with van der Waals surface area (Å²) < 4.78 is 0. The fraction of sp³-hybridized carbons (Fsp3) is 0.786. The van der Waals surface area contributed by atoms with Crippen molar-refractivity contribution in [1.29, 1.82) is 0 Å². The summed E-state index contributed by atoms with van der Waals surface area (Å²) in [4.78, 5) is 37.7. The second-order valence-electron chi connectivity index (χ2n) is 5.83. The number of likely N-dealkylation sites (tertiary alicyclic amines) is 1. The van der Waals surface area contributed by atoms with Crippen molar-refractivity contribution in [1.82, 2.24) is 4.90 Å². The van der Waals surface area contributed by atoms with Crippen molar-refractivity contribution in [2.75, 3.05) is 0 Å². The minimum atomic E-state index is -0.333. The lowest BCUT2D eigenvalue weighted by Crippen LogP contribution is -2.41. The average molecular weight is 249 g/mol. The SMILES string of the molecule is O=C1CC[C@H]2C(=O)N(C3CCCCC3)C(=O)[C@@H]2C1. The molecule has 0 spiro atoms. The largest absolute Gasteiger partial charge is 0.300 e. The van der Waals surface area contributed by atoms with E-state index in [1.54, 1.807) is 0 Å². The van der Waals surface area contributed by atoms with Gasteiger partial charge in [-0.15, -0.1) is 0 Å². The Morgan fingerprint density at radius 1 is 0.833 bits per heavy atom. The molecule has 18 heavy (non-hydrogen) atoms. The van der Waals surface area contributed by atoms with Crippen LogP contribution in [-0.4, -0.2) is 28.5 Å². The van der Waals surface area contributed by atoms with Gasteiger partial charge in [0.05, 0.1) is 11.8 Å². The van der Waals surface area contributed by atoms with Gasteiger partial charge in [0.15, 0.2) is 0 Å². The Bertz CT molecular complexity index is 398. The van der Waals surface area contributed by atoms with Crippen molar-refractivity contribution in [2.45, 2.75) is 57.4 Å². The second kappa shape index (κ2) is 4.48. The topological polar surface area (TPSA) is 54.5 Å². The van der Waals surface area contributed by atoms with E-state index in [0.717, 1.165) is 25.7 Å². The normalized spacial score (nSPS) is 34.0. The van der Waals surface area contributed by atoms with Gasteiger partial charge in [-0.2, -0.15) is 0 Å². The van der Waals surface area contributed by atoms with Gasteiger partial charge in [-0.05, 0) is 19.3 Å². The van der Waals surface area contributed by atoms with E-state index >= 15 is 0 Å². The van der Waals surface area contributed by atoms with Crippen LogP contribution in [0.3, 0.4) is 0 Å². The molecular formula is C14H19NO3. The van der Waals surface area contributed by atoms with Crippen LogP contribution in [-0.2, 0) is 14.4 Å². The maximum atomic E-state index is 12.3. The first-order valence-corrected chi connectivity index (χ1v) is 7.07. The highest BCUT2D eigenvalue weighted by molar-refractivity contribution is 6.07. The second-order valence-corrected chi connectivity index (χ2v) is 5.83. The summed E-state index contributed by atoms with van der Waals surface area (Å²) in [5, 5.41) is 0. The van der Waals surface area contributed by atoms with Gasteiger partial charge in [-0.25, -0.2) is 0 Å². The Morgan fingerprint density at radius 2 is 1.50 bits per heavy atom. The number of Topliss-reactive ketones (excluding diaryl/α,β-unsaturated/α-hetero) is 1. The fourth-order valence-corrected chi connectivity index (χ4v) is 3.73. The van der Waals surface area contributed by atoms with Gasteiger partial charge in [-0.3, -0.25) is 19.3 Å². The number of carbonyl (C=O) groups is 3. The molecule has 1 heterocycles. The summed E-state index contributed by atoms with van der Waals surface area (Å²) in [7, 11) is 0. The maximum absolute atomic E-state index is 12.3. The molecule has 2 aliphatic carbocycles. The lowest BCUT2D eigenvalue weighted by Gasteiger charge is -2.29. The molecule has 3 rings (SSSR count). The van der Waals surface area contributed by atoms with E-state index < -0.39 is 0 Å². The van der Waals surface area contributed by atoms with Crippen LogP contribution >= 0.6 is 0 Å². The Balaban J connectivity index is 1.81. The number of rotatable bonds is 1. The van der Waals surface area contributed by atoms with Gasteiger partial charge < -0.3 is 0 Å². The minimum Gasteiger partial charge on any atom is -0.300 e. The van der Waals surface area contributed by atoms with E-state index in [1.807, 2.05) is 0 Å². The van der Waals surface area contributed by atoms with Crippen LogP contribution < -0.4 is 0 Å². The van der Waals surface area contributed by atoms with Crippen LogP contribution in [0.2, 0.25) is 0 Å². The number of nitrogens with zero attached hydrogens (tertiary/aromatic N) is 1. The maximum Gasteiger partial charge on any atom is 0.233 e. The first-order valence-electron chi connectivity index (χ1n) is 7.07. The van der Waals surface area contributed by atoms with Crippen LogP contribution in [0.5, 0.6) is 0 Å². The third-order valence-corrected chi connectivity index (χ3v) is 4.72. The number of hydrogen-bond donors (Lipinski definition) is 0. The van der Waals surface area contributed by atoms with Gasteiger partial charge in [0, 0.05) is 18.9 Å². The first-order chi connectivity index (χ1) is 8.68. The summed E-state index contributed by atoms with van der Waals surface area (Å²) in [5.74, 6) is -0.449. The molecular weight excluding hydrogens is 230 g/mol. The summed E-state index contributed by atoms with van der Waals surface area (Å²) >= 11 is 0. The molecule has 3 fully saturated rings. The number of imide groups is 1. The van der Waals surface area contributed by atoms with Crippen molar-refractivity contribution in [3.05, 3.63) is 0 Å². The van der Waals surface area contributed by atoms with Gasteiger partial charge in [0.1, 0.15) is 5.78 Å². The van der Waals surface area contributed by atoms with Gasteiger partial charge in [0.2, 0.25) is 11.8 Å². The fourth-order valence-electron chi connectivity index (χ4n) is 3.73. The van der Waals surface area contributed by atoms with E-state index in [1.165, 1.54) is 11.3 Å². The first kappa shape index (κ1) is 11.9. The lowest BCUT2D eigenvalue weighted by molar-refractivity contribution is -0.143. The van der Waals surface area contributed by atoms with Crippen molar-refractivity contribution in [3.63, 3.8) is 0 Å². The molecule has 2 saturated carbocycles. The Morgan fingerprint density at radius 3 is 2.22 bits per heavy atom. The zero-order valence-electron chi connectivity index (χ0n) is 10.6. The highest BCUT2D eigenvalue weighted by Gasteiger charge is 2.51. The van der Waals surface area contributed by atoms with E-state index in [2.05, 4.69) is 0 Å². The molecule has 0 unspecified atom stereocenters. The standard InChI is InChI=1S/C14H19NO3/c16-10-6-7-11-12(8-10)14(18)15(13(11)17)9-4-2-1-3-5-9/h9,11-12H,1-8H2/t11-,12-/m1/s1. The molecule has 0 aromatic rings. The van der Waals surface area contributed by atoms with E-state index in [0.29, 0.717) is 19.3 Å². The quantitative estimate of drug-likeness (QED) is 0.664. The Labute approximate surface area is 107 Å². The molecule has 4 nitrogen and oxygen atoms in total. The molecule has 3 aliphatic rings. The van der Waals surface area contributed by atoms with Crippen molar-refractivity contribution in [2.24, 2.45) is 11.8 Å². The smallest absolute Gasteiger partial charge is 0.233 e. The van der Waals surface area contributed by atoms with Crippen LogP contribution in [0.15, 0.2) is 0 Å². The van der Waals surface area contributed by atoms with Crippen LogP contribution in [0.1, 0.15) is 51.4 Å². The molecule has 0 aromatic carbocycles. The number of carbonyl (C=O) groups excluding carboxylic acids is 3. The molecule has 1 aliphatic heterocycles. The lowest BCUT2D eigenvalue weighted by atomic mass is 9.80. The average Bonchev–Trinajstić information content (AvgIpc) is 2.63. The highest BCUT2D eigenvalue weighted by atomic mass is 16.2. The van der Waals surface area contributed by atoms with Crippen molar-refractivity contribution < 1.29 is 14.4 Å². The number of hydrogen-bond acceptors (Lipinski definition) is 3. The number of fused-ring (bicyclic) bond motifs is 1. The van der Waals surface area contributed by atoms with Crippen molar-refractivity contribution in [3.8, 4) is 0 Å². The van der Waals surface area contributed by atoms with E-state index in [9.17, 15) is 14.4 Å². The van der Waals surface area contributed by atoms with Gasteiger partial charge in [0.25, 0.3) is 0 Å². The summed E-state index contributed by atoms with van der Waals surface area (Å²) in [6.07, 6.45) is 6.66. The molecule has 4 heteroatoms. The number of ketones is 1. The summed E-state index contributed by atoms with van der Waals surface area (Å²) in [6.45, 7) is 0. The molecule has 1 saturated heterocycles. The van der Waals surface area contributed by atoms with Crippen LogP contribution in [0.25, 0.3) is 0 Å². The van der Waals surface area contributed by atoms with Gasteiger partial charge >= 0.3 is 0 Å². The molecule has 0 radical (unpaired) electrons. The molecule has 2 amide bonds. The van der Waals surface area contributed by atoms with Crippen molar-refractivity contribution >= 4 is 17.6 Å². The van der Waals surface area contributed by atoms with E-state index in [4.69, 9.17) is 0 Å². The summed E-state index contributed by atoms with van der Waals surface area (Å²) in [6, 6.07) is 0.111. The Kier molecular flexibility index (Phi) is 2.96. The van der Waals surface area contributed by atoms with Crippen LogP contribution in [0.4, 0.5) is 0 Å². The predicted molar refractivity (Wildman–Crippen MR) is 64.6 cm³/mol. The zero-order chi connectivity index (χ0) is 12.7. The predicted octanol–water partition coefficient (Wildman–Crippen LogP) is 1.67. The molecule has 0 bridgehead atoms. The monoisotopic (exact) mass is 249 g/mol. The zero-order valence-corrected chi connectivity index (χ0v) is 10.6. The van der Waals surface area contributed by atoms with Gasteiger partial charge in [-0.1, -0.05) is 19.3 Å². The minimum absolute atomic E-state index is 0.00407. The molecule has 0 aromatic heterocycles. The third kappa shape index (κ3) is 1.78.